The van der Waals surface area contributed by atoms with Crippen LogP contribution >= 0.6 is 0 Å². The molecule has 1 rings (SSSR count). The highest BCUT2D eigenvalue weighted by Crippen LogP contribution is 2.31. The minimum absolute atomic E-state index is 0.610. The average Bonchev–Trinajstić information content (AvgIpc) is 1.99. The number of halogens is 2. The lowest BCUT2D eigenvalue weighted by Gasteiger charge is -2.02. The lowest BCUT2D eigenvalue weighted by atomic mass is 10.3. The Labute approximate surface area is 84.4 Å². The number of aromatic hydroxyl groups is 1. The van der Waals surface area contributed by atoms with Gasteiger partial charge in [-0.25, -0.2) is 0 Å². The molecule has 1 aromatic rings. The van der Waals surface area contributed by atoms with Gasteiger partial charge in [0.05, 0.1) is 0 Å². The maximum absolute atomic E-state index is 12.4. The van der Waals surface area contributed by atoms with Gasteiger partial charge in [0.2, 0.25) is 0 Å². The second-order valence-corrected chi connectivity index (χ2v) is 5.11. The normalized spacial score (nSPS) is 12.7. The van der Waals surface area contributed by atoms with Gasteiger partial charge in [-0.3, -0.25) is 0 Å². The fourth-order valence-corrected chi connectivity index (χ4v) is 2.12. The van der Waals surface area contributed by atoms with Crippen LogP contribution in [0.4, 0.5) is 7.77 Å². The summed E-state index contributed by atoms with van der Waals surface area (Å²) in [6, 6.07) is 2.01. The summed E-state index contributed by atoms with van der Waals surface area (Å²) in [5.41, 5.74) is 0. The molecule has 15 heavy (non-hydrogen) atoms. The summed E-state index contributed by atoms with van der Waals surface area (Å²) in [6.45, 7) is 0. The topological polar surface area (TPSA) is 88.5 Å². The van der Waals surface area contributed by atoms with Gasteiger partial charge in [-0.15, -0.1) is 7.77 Å². The van der Waals surface area contributed by atoms with E-state index >= 15 is 0 Å². The van der Waals surface area contributed by atoms with Gasteiger partial charge in [-0.1, -0.05) is 6.07 Å². The lowest BCUT2D eigenvalue weighted by molar-refractivity contribution is 0.437. The maximum Gasteiger partial charge on any atom is 0.335 e. The second kappa shape index (κ2) is 3.42. The van der Waals surface area contributed by atoms with E-state index in [2.05, 4.69) is 0 Å². The van der Waals surface area contributed by atoms with Gasteiger partial charge >= 0.3 is 20.4 Å². The third-order valence-electron chi connectivity index (χ3n) is 1.49. The monoisotopic (exact) mass is 258 g/mol. The molecule has 0 aromatic heterocycles. The zero-order valence-corrected chi connectivity index (χ0v) is 8.52. The van der Waals surface area contributed by atoms with E-state index in [1.807, 2.05) is 0 Å². The molecular weight excluding hydrogens is 254 g/mol. The summed E-state index contributed by atoms with van der Waals surface area (Å²) in [5.74, 6) is -1.47. The Balaban J connectivity index is 3.65. The zero-order chi connectivity index (χ0) is 11.9. The number of phenolic OH excluding ortho intramolecular Hbond substituents is 1. The van der Waals surface area contributed by atoms with Crippen molar-refractivity contribution in [3.63, 3.8) is 0 Å². The molecule has 0 atom stereocenters. The molecule has 0 spiro atoms. The quantitative estimate of drug-likeness (QED) is 0.789. The van der Waals surface area contributed by atoms with Crippen LogP contribution in [-0.2, 0) is 20.4 Å². The minimum Gasteiger partial charge on any atom is -0.505 e. The molecule has 0 fully saturated rings. The van der Waals surface area contributed by atoms with Crippen molar-refractivity contribution in [1.82, 2.24) is 0 Å². The summed E-state index contributed by atoms with van der Waals surface area (Å²) >= 11 is 0. The predicted molar refractivity (Wildman–Crippen MR) is 44.7 cm³/mol. The molecule has 5 nitrogen and oxygen atoms in total. The molecule has 0 aliphatic heterocycles. The van der Waals surface area contributed by atoms with Crippen LogP contribution in [0.25, 0.3) is 0 Å². The first-order valence-corrected chi connectivity index (χ1v) is 6.12. The number of para-hydroxylation sites is 1. The van der Waals surface area contributed by atoms with E-state index in [1.165, 1.54) is 0 Å². The third kappa shape index (κ3) is 2.42. The van der Waals surface area contributed by atoms with Crippen molar-refractivity contribution in [2.45, 2.75) is 9.79 Å². The van der Waals surface area contributed by atoms with Gasteiger partial charge < -0.3 is 5.11 Å². The first-order chi connectivity index (χ1) is 6.64. The fraction of sp³-hybridized carbons (Fsp3) is 0. The Bertz CT molecular complexity index is 540. The summed E-state index contributed by atoms with van der Waals surface area (Å²) in [6.07, 6.45) is 0. The summed E-state index contributed by atoms with van der Waals surface area (Å²) in [7, 11) is -10.6. The number of benzene rings is 1. The van der Waals surface area contributed by atoms with Crippen LogP contribution in [0, 0.1) is 0 Å². The van der Waals surface area contributed by atoms with Gasteiger partial charge in [-0.2, -0.15) is 16.8 Å². The van der Waals surface area contributed by atoms with Crippen LogP contribution in [0.15, 0.2) is 28.0 Å². The number of phenols is 1. The standard InChI is InChI=1S/C6H4F2O5S2/c7-14(10,11)4-2-1-3-5(6(4)9)15(8,12)13/h1-3,9H. The van der Waals surface area contributed by atoms with Crippen LogP contribution in [0.3, 0.4) is 0 Å². The highest BCUT2D eigenvalue weighted by Gasteiger charge is 2.25. The predicted octanol–water partition coefficient (Wildman–Crippen LogP) is 0.709. The Morgan fingerprint density at radius 2 is 1.27 bits per heavy atom. The molecule has 0 radical (unpaired) electrons. The van der Waals surface area contributed by atoms with Gasteiger partial charge in [0, 0.05) is 0 Å². The van der Waals surface area contributed by atoms with Crippen LogP contribution in [0.2, 0.25) is 0 Å². The molecule has 0 bridgehead atoms. The van der Waals surface area contributed by atoms with Crippen LogP contribution in [-0.4, -0.2) is 21.9 Å². The smallest absolute Gasteiger partial charge is 0.335 e. The van der Waals surface area contributed by atoms with Crippen molar-refractivity contribution in [3.05, 3.63) is 18.2 Å². The molecule has 1 N–H and O–H groups in total. The van der Waals surface area contributed by atoms with E-state index in [0.29, 0.717) is 12.1 Å². The third-order valence-corrected chi connectivity index (χ3v) is 3.20. The molecule has 0 unspecified atom stereocenters. The fourth-order valence-electron chi connectivity index (χ4n) is 0.896. The summed E-state index contributed by atoms with van der Waals surface area (Å²) in [5, 5.41) is 9.02. The Hall–Kier alpha value is -1.22. The van der Waals surface area contributed by atoms with Crippen molar-refractivity contribution in [1.29, 1.82) is 0 Å². The van der Waals surface area contributed by atoms with Crippen molar-refractivity contribution in [3.8, 4) is 5.75 Å². The van der Waals surface area contributed by atoms with Gasteiger partial charge in [0.25, 0.3) is 0 Å². The first kappa shape index (κ1) is 11.9. The number of hydrogen-bond donors (Lipinski definition) is 1. The zero-order valence-electron chi connectivity index (χ0n) is 6.88. The Morgan fingerprint density at radius 3 is 1.53 bits per heavy atom. The van der Waals surface area contributed by atoms with E-state index in [0.717, 1.165) is 6.07 Å². The van der Waals surface area contributed by atoms with Crippen LogP contribution in [0.5, 0.6) is 5.75 Å². The average molecular weight is 258 g/mol. The molecule has 9 heteroatoms. The van der Waals surface area contributed by atoms with Gasteiger partial charge in [-0.05, 0) is 12.1 Å². The van der Waals surface area contributed by atoms with Crippen molar-refractivity contribution < 1.29 is 29.7 Å². The molecule has 0 heterocycles. The highest BCUT2D eigenvalue weighted by molar-refractivity contribution is 7.87. The lowest BCUT2D eigenvalue weighted by Crippen LogP contribution is -1.98. The maximum atomic E-state index is 12.4. The number of rotatable bonds is 2. The van der Waals surface area contributed by atoms with E-state index < -0.39 is 36.0 Å². The van der Waals surface area contributed by atoms with E-state index in [4.69, 9.17) is 5.11 Å². The Kier molecular flexibility index (Phi) is 2.70. The van der Waals surface area contributed by atoms with Crippen LogP contribution in [0.1, 0.15) is 0 Å². The number of hydrogen-bond acceptors (Lipinski definition) is 5. The van der Waals surface area contributed by atoms with E-state index in [1.54, 1.807) is 0 Å². The first-order valence-electron chi connectivity index (χ1n) is 3.35. The largest absolute Gasteiger partial charge is 0.505 e. The van der Waals surface area contributed by atoms with Crippen molar-refractivity contribution >= 4 is 20.4 Å². The molecule has 0 saturated carbocycles. The van der Waals surface area contributed by atoms with E-state index in [9.17, 15) is 24.6 Å². The molecule has 0 aliphatic rings. The van der Waals surface area contributed by atoms with E-state index in [-0.39, 0.29) is 0 Å². The summed E-state index contributed by atoms with van der Waals surface area (Å²) < 4.78 is 66.4. The molecule has 0 saturated heterocycles. The van der Waals surface area contributed by atoms with Crippen LogP contribution < -0.4 is 0 Å². The van der Waals surface area contributed by atoms with Crippen molar-refractivity contribution in [2.24, 2.45) is 0 Å². The highest BCUT2D eigenvalue weighted by atomic mass is 32.3. The minimum atomic E-state index is -5.30. The van der Waals surface area contributed by atoms with Gasteiger partial charge in [0.1, 0.15) is 9.79 Å². The van der Waals surface area contributed by atoms with Gasteiger partial charge in [0.15, 0.2) is 5.75 Å². The SMILES string of the molecule is O=S(=O)(F)c1cccc(S(=O)(=O)F)c1O. The molecular formula is C6H4F2O5S2. The molecule has 0 aliphatic carbocycles. The molecule has 1 aromatic carbocycles. The molecule has 84 valence electrons. The summed E-state index contributed by atoms with van der Waals surface area (Å²) in [4.78, 5) is -2.58. The molecule has 0 amide bonds. The second-order valence-electron chi connectivity index (χ2n) is 2.48. The van der Waals surface area contributed by atoms with Crippen molar-refractivity contribution in [2.75, 3.05) is 0 Å². The Morgan fingerprint density at radius 1 is 0.933 bits per heavy atom.